The van der Waals surface area contributed by atoms with E-state index >= 15 is 0 Å². The lowest BCUT2D eigenvalue weighted by molar-refractivity contribution is -0.143. The van der Waals surface area contributed by atoms with E-state index in [0.717, 1.165) is 5.69 Å². The Morgan fingerprint density at radius 2 is 1.83 bits per heavy atom. The van der Waals surface area contributed by atoms with Crippen LogP contribution in [0.3, 0.4) is 0 Å². The number of methoxy groups -OCH3 is 2. The number of anilines is 1. The van der Waals surface area contributed by atoms with E-state index in [0.29, 0.717) is 24.6 Å². The Morgan fingerprint density at radius 1 is 1.17 bits per heavy atom. The van der Waals surface area contributed by atoms with Crippen molar-refractivity contribution in [1.29, 1.82) is 0 Å². The van der Waals surface area contributed by atoms with Gasteiger partial charge in [0.1, 0.15) is 6.04 Å². The topological polar surface area (TPSA) is 59.1 Å². The number of carbonyl (C=O) groups excluding carboxylic acids is 2. The molecule has 0 N–H and O–H groups in total. The van der Waals surface area contributed by atoms with Crippen molar-refractivity contribution >= 4 is 17.5 Å². The quantitative estimate of drug-likeness (QED) is 0.850. The van der Waals surface area contributed by atoms with Gasteiger partial charge in [-0.25, -0.2) is 0 Å². The highest BCUT2D eigenvalue weighted by Crippen LogP contribution is 2.32. The van der Waals surface area contributed by atoms with E-state index < -0.39 is 6.04 Å². The lowest BCUT2D eigenvalue weighted by Gasteiger charge is -2.40. The molecule has 2 amide bonds. The normalized spacial score (nSPS) is 18.3. The number of amides is 2. The van der Waals surface area contributed by atoms with Gasteiger partial charge in [-0.15, -0.1) is 0 Å². The van der Waals surface area contributed by atoms with Gasteiger partial charge in [-0.05, 0) is 19.1 Å². The van der Waals surface area contributed by atoms with E-state index in [1.807, 2.05) is 19.9 Å². The second-order valence-electron chi connectivity index (χ2n) is 5.89. The summed E-state index contributed by atoms with van der Waals surface area (Å²) in [6.45, 7) is 6.46. The third-order valence-corrected chi connectivity index (χ3v) is 4.11. The highest BCUT2D eigenvalue weighted by atomic mass is 16.5. The van der Waals surface area contributed by atoms with E-state index in [9.17, 15) is 9.59 Å². The number of rotatable bonds is 4. The number of nitrogens with zero attached hydrogens (tertiary/aromatic N) is 2. The van der Waals surface area contributed by atoms with Crippen molar-refractivity contribution in [2.45, 2.75) is 26.8 Å². The number of hydrogen-bond acceptors (Lipinski definition) is 4. The van der Waals surface area contributed by atoms with Crippen LogP contribution >= 0.6 is 0 Å². The Labute approximate surface area is 137 Å². The first-order valence-electron chi connectivity index (χ1n) is 7.74. The monoisotopic (exact) mass is 320 g/mol. The molecule has 0 radical (unpaired) electrons. The molecular formula is C17H24N2O4. The zero-order chi connectivity index (χ0) is 17.1. The van der Waals surface area contributed by atoms with E-state index in [4.69, 9.17) is 9.47 Å². The van der Waals surface area contributed by atoms with Crippen LogP contribution in [0.25, 0.3) is 0 Å². The van der Waals surface area contributed by atoms with Crippen molar-refractivity contribution < 1.29 is 19.1 Å². The predicted octanol–water partition coefficient (Wildman–Crippen LogP) is 1.92. The number of benzene rings is 1. The van der Waals surface area contributed by atoms with Crippen molar-refractivity contribution in [2.75, 3.05) is 32.2 Å². The van der Waals surface area contributed by atoms with Crippen molar-refractivity contribution in [1.82, 2.24) is 4.90 Å². The number of piperazine rings is 1. The summed E-state index contributed by atoms with van der Waals surface area (Å²) in [7, 11) is 3.13. The second-order valence-corrected chi connectivity index (χ2v) is 5.89. The fraction of sp³-hybridized carbons (Fsp3) is 0.529. The maximum atomic E-state index is 12.7. The minimum Gasteiger partial charge on any atom is -0.493 e. The summed E-state index contributed by atoms with van der Waals surface area (Å²) in [5.74, 6) is 1.00. The summed E-state index contributed by atoms with van der Waals surface area (Å²) >= 11 is 0. The van der Waals surface area contributed by atoms with Gasteiger partial charge in [-0.3, -0.25) is 9.59 Å². The first kappa shape index (κ1) is 17.1. The van der Waals surface area contributed by atoms with E-state index in [1.54, 1.807) is 43.1 Å². The highest BCUT2D eigenvalue weighted by Gasteiger charge is 2.35. The predicted molar refractivity (Wildman–Crippen MR) is 87.9 cm³/mol. The summed E-state index contributed by atoms with van der Waals surface area (Å²) in [6, 6.07) is 4.92. The molecule has 0 unspecified atom stereocenters. The van der Waals surface area contributed by atoms with Gasteiger partial charge in [0.05, 0.1) is 14.2 Å². The Morgan fingerprint density at radius 3 is 2.39 bits per heavy atom. The van der Waals surface area contributed by atoms with Crippen LogP contribution in [0, 0.1) is 5.92 Å². The second kappa shape index (κ2) is 6.89. The summed E-state index contributed by atoms with van der Waals surface area (Å²) in [6.07, 6.45) is 0. The summed E-state index contributed by atoms with van der Waals surface area (Å²) in [5, 5.41) is 0. The number of hydrogen-bond donors (Lipinski definition) is 0. The number of carbonyl (C=O) groups is 2. The van der Waals surface area contributed by atoms with Gasteiger partial charge in [0.25, 0.3) is 0 Å². The standard InChI is InChI=1S/C17H24N2O4/c1-11(2)16(20)18-8-9-19(17(21)12(18)3)13-6-7-14(22-4)15(10-13)23-5/h6-7,10-12H,8-9H2,1-5H3/t12-/m0/s1. The first-order valence-corrected chi connectivity index (χ1v) is 7.74. The molecule has 0 saturated carbocycles. The van der Waals surface area contributed by atoms with E-state index in [2.05, 4.69) is 0 Å². The van der Waals surface area contributed by atoms with Crippen LogP contribution in [0.4, 0.5) is 5.69 Å². The Kier molecular flexibility index (Phi) is 5.13. The smallest absolute Gasteiger partial charge is 0.249 e. The first-order chi connectivity index (χ1) is 10.9. The largest absolute Gasteiger partial charge is 0.493 e. The van der Waals surface area contributed by atoms with Crippen LogP contribution in [-0.4, -0.2) is 50.1 Å². The molecule has 1 aliphatic rings. The molecule has 6 nitrogen and oxygen atoms in total. The van der Waals surface area contributed by atoms with E-state index in [1.165, 1.54) is 0 Å². The maximum Gasteiger partial charge on any atom is 0.249 e. The molecule has 6 heteroatoms. The average molecular weight is 320 g/mol. The average Bonchev–Trinajstić information content (AvgIpc) is 2.56. The summed E-state index contributed by atoms with van der Waals surface area (Å²) in [4.78, 5) is 28.2. The zero-order valence-corrected chi connectivity index (χ0v) is 14.3. The lowest BCUT2D eigenvalue weighted by Crippen LogP contribution is -2.58. The SMILES string of the molecule is COc1ccc(N2CCN(C(=O)C(C)C)[C@@H](C)C2=O)cc1OC. The Hall–Kier alpha value is -2.24. The minimum atomic E-state index is -0.466. The van der Waals surface area contributed by atoms with Gasteiger partial charge < -0.3 is 19.3 Å². The summed E-state index contributed by atoms with van der Waals surface area (Å²) in [5.41, 5.74) is 0.746. The molecule has 1 saturated heterocycles. The molecule has 0 bridgehead atoms. The van der Waals surface area contributed by atoms with Gasteiger partial charge in [0.15, 0.2) is 11.5 Å². The van der Waals surface area contributed by atoms with Gasteiger partial charge >= 0.3 is 0 Å². The molecule has 1 aromatic carbocycles. The van der Waals surface area contributed by atoms with Crippen molar-refractivity contribution in [2.24, 2.45) is 5.92 Å². The zero-order valence-electron chi connectivity index (χ0n) is 14.3. The maximum absolute atomic E-state index is 12.7. The van der Waals surface area contributed by atoms with Crippen LogP contribution in [0.5, 0.6) is 11.5 Å². The van der Waals surface area contributed by atoms with E-state index in [-0.39, 0.29) is 17.7 Å². The third kappa shape index (κ3) is 3.25. The lowest BCUT2D eigenvalue weighted by atomic mass is 10.1. The molecule has 1 heterocycles. The third-order valence-electron chi connectivity index (χ3n) is 4.11. The van der Waals surface area contributed by atoms with Gasteiger partial charge in [-0.2, -0.15) is 0 Å². The van der Waals surface area contributed by atoms with Crippen molar-refractivity contribution in [3.8, 4) is 11.5 Å². The van der Waals surface area contributed by atoms with Gasteiger partial charge in [-0.1, -0.05) is 13.8 Å². The van der Waals surface area contributed by atoms with Crippen LogP contribution in [0.1, 0.15) is 20.8 Å². The van der Waals surface area contributed by atoms with Crippen molar-refractivity contribution in [3.05, 3.63) is 18.2 Å². The molecule has 1 aliphatic heterocycles. The molecule has 23 heavy (non-hydrogen) atoms. The van der Waals surface area contributed by atoms with Gasteiger partial charge in [0, 0.05) is 30.8 Å². The van der Waals surface area contributed by atoms with Crippen LogP contribution in [-0.2, 0) is 9.59 Å². The highest BCUT2D eigenvalue weighted by molar-refractivity contribution is 6.00. The van der Waals surface area contributed by atoms with Crippen LogP contribution < -0.4 is 14.4 Å². The molecule has 0 aliphatic carbocycles. The van der Waals surface area contributed by atoms with Gasteiger partial charge in [0.2, 0.25) is 11.8 Å². The minimum absolute atomic E-state index is 0.0119. The Bertz CT molecular complexity index is 600. The summed E-state index contributed by atoms with van der Waals surface area (Å²) < 4.78 is 10.5. The molecule has 2 rings (SSSR count). The molecule has 1 fully saturated rings. The molecule has 126 valence electrons. The van der Waals surface area contributed by atoms with Crippen molar-refractivity contribution in [3.63, 3.8) is 0 Å². The molecule has 0 spiro atoms. The molecule has 1 aromatic rings. The molecule has 0 aromatic heterocycles. The molecule has 1 atom stereocenters. The van der Waals surface area contributed by atoms with Crippen LogP contribution in [0.15, 0.2) is 18.2 Å². The Balaban J connectivity index is 2.23. The molecular weight excluding hydrogens is 296 g/mol. The number of ether oxygens (including phenoxy) is 2. The fourth-order valence-electron chi connectivity index (χ4n) is 2.75. The van der Waals surface area contributed by atoms with Crippen LogP contribution in [0.2, 0.25) is 0 Å². The fourth-order valence-corrected chi connectivity index (χ4v) is 2.75.